The highest BCUT2D eigenvalue weighted by molar-refractivity contribution is 6.67. The summed E-state index contributed by atoms with van der Waals surface area (Å²) in [6.45, 7) is 33.5. The van der Waals surface area contributed by atoms with Gasteiger partial charge in [0.15, 0.2) is 0 Å². The summed E-state index contributed by atoms with van der Waals surface area (Å²) in [5.74, 6) is 1.07. The van der Waals surface area contributed by atoms with Crippen LogP contribution < -0.4 is 0 Å². The third-order valence-corrected chi connectivity index (χ3v) is 33.0. The molecule has 13 unspecified atom stereocenters. The van der Waals surface area contributed by atoms with Crippen LogP contribution in [-0.4, -0.2) is 192 Å². The van der Waals surface area contributed by atoms with Crippen molar-refractivity contribution in [2.75, 3.05) is 112 Å². The van der Waals surface area contributed by atoms with E-state index < -0.39 is 70.0 Å². The highest BCUT2D eigenvalue weighted by Gasteiger charge is 2.46. The Morgan fingerprint density at radius 1 is 0.360 bits per heavy atom. The molecule has 10 rings (SSSR count). The Hall–Kier alpha value is -6.83. The Balaban J connectivity index is 0.000000646. The van der Waals surface area contributed by atoms with Crippen LogP contribution in [0.1, 0.15) is 83.5 Å². The van der Waals surface area contributed by atoms with Crippen molar-refractivity contribution in [3.63, 3.8) is 0 Å². The molecular weight excluding hydrogens is 1540 g/mol. The Morgan fingerprint density at radius 3 is 0.886 bits per heavy atom. The lowest BCUT2D eigenvalue weighted by atomic mass is 9.86. The third-order valence-electron chi connectivity index (χ3n) is 21.0. The average molecular weight is 1670 g/mol. The Morgan fingerprint density at radius 2 is 0.649 bits per heavy atom. The van der Waals surface area contributed by atoms with E-state index >= 15 is 0 Å². The Bertz CT molecular complexity index is 3000. The van der Waals surface area contributed by atoms with E-state index in [2.05, 4.69) is 176 Å². The van der Waals surface area contributed by atoms with Gasteiger partial charge in [0.1, 0.15) is 0 Å². The molecule has 2 N–H and O–H groups in total. The van der Waals surface area contributed by atoms with E-state index in [-0.39, 0.29) is 53.4 Å². The summed E-state index contributed by atoms with van der Waals surface area (Å²) >= 11 is 0. The molecule has 0 aliphatic heterocycles. The van der Waals surface area contributed by atoms with Gasteiger partial charge in [0.05, 0.1) is 17.8 Å². The average Bonchev–Trinajstić information content (AvgIpc) is 1.63. The highest BCUT2D eigenvalue weighted by Crippen LogP contribution is 2.53. The summed E-state index contributed by atoms with van der Waals surface area (Å²) in [5.41, 5.74) is 0. The zero-order valence-electron chi connectivity index (χ0n) is 70.8. The van der Waals surface area contributed by atoms with Gasteiger partial charge in [-0.05, 0) is 219 Å². The fourth-order valence-electron chi connectivity index (χ4n) is 13.9. The largest absolute Gasteiger partial charge is 0.481 e. The number of methoxy groups -OCH3 is 4. The van der Waals surface area contributed by atoms with Gasteiger partial charge >= 0.3 is 70.1 Å². The van der Waals surface area contributed by atoms with Crippen molar-refractivity contribution in [3.05, 3.63) is 173 Å². The maximum atomic E-state index is 12.2. The number of carbonyl (C=O) groups is 6. The monoisotopic (exact) mass is 1670 g/mol. The van der Waals surface area contributed by atoms with Gasteiger partial charge in [0.25, 0.3) is 23.8 Å². The number of hydrogen-bond donors (Lipinski definition) is 2. The van der Waals surface area contributed by atoms with Crippen LogP contribution in [0.15, 0.2) is 173 Å². The van der Waals surface area contributed by atoms with E-state index in [9.17, 15) is 28.8 Å². The molecule has 114 heavy (non-hydrogen) atoms. The molecule has 0 aromatic carbocycles. The first-order chi connectivity index (χ1) is 54.2. The van der Waals surface area contributed by atoms with Crippen molar-refractivity contribution in [1.29, 1.82) is 0 Å². The molecule has 13 atom stereocenters. The SMILES string of the molecule is C1=CC2C3C=CC(C3)C2C1.C1=CCC=C1.C=C(O)OC(=O)C1CC2C=CC1C2.C=C(OC(=O)C1CC2C=CC1C2)OC(=O)C1CC2C=CC1C2.C=CC(=O)OC(=C)O.C=CC(=O)OC(=C)OC(=O)C=C.COCCC[Si](C)(OC)OC.COCCC[Si](C)(OC)OC.COCCC[Si](C)(OC)OC.COCCC[Si](C)(OC)OC. The molecule has 0 radical (unpaired) electrons. The summed E-state index contributed by atoms with van der Waals surface area (Å²) in [4.78, 5) is 66.7. The number of fused-ring (bicyclic) bond motifs is 11. The first-order valence-electron chi connectivity index (χ1n) is 38.6. The van der Waals surface area contributed by atoms with Crippen molar-refractivity contribution >= 4 is 70.1 Å². The van der Waals surface area contributed by atoms with Gasteiger partial charge < -0.3 is 93.0 Å². The molecule has 0 amide bonds. The van der Waals surface area contributed by atoms with Crippen molar-refractivity contribution < 1.29 is 122 Å². The lowest BCUT2D eigenvalue weighted by molar-refractivity contribution is -0.160. The summed E-state index contributed by atoms with van der Waals surface area (Å²) in [5, 5.41) is 16.9. The van der Waals surface area contributed by atoms with Crippen LogP contribution in [0.4, 0.5) is 0 Å². The molecule has 4 fully saturated rings. The number of aliphatic hydroxyl groups is 2. The fourth-order valence-corrected chi connectivity index (χ4v) is 19.3. The van der Waals surface area contributed by atoms with Gasteiger partial charge in [0.2, 0.25) is 0 Å². The fraction of sp³-hybridized carbons (Fsp3) is 0.595. The van der Waals surface area contributed by atoms with Crippen molar-refractivity contribution in [2.45, 2.75) is 134 Å². The number of rotatable bonds is 36. The van der Waals surface area contributed by atoms with Gasteiger partial charge in [-0.15, -0.1) is 0 Å². The lowest BCUT2D eigenvalue weighted by Crippen LogP contribution is -2.36. The van der Waals surface area contributed by atoms with Gasteiger partial charge in [-0.25, -0.2) is 14.4 Å². The number of carbonyl (C=O) groups excluding carboxylic acids is 6. The molecule has 8 bridgehead atoms. The molecule has 4 saturated carbocycles. The number of esters is 6. The number of ether oxygens (including phenoxy) is 10. The van der Waals surface area contributed by atoms with Crippen molar-refractivity contribution in [1.82, 2.24) is 0 Å². The molecular formula is C84H136O26Si4. The van der Waals surface area contributed by atoms with E-state index in [1.165, 1.54) is 12.8 Å². The summed E-state index contributed by atoms with van der Waals surface area (Å²) in [7, 11) is 13.3. The minimum Gasteiger partial charge on any atom is -0.481 e. The molecule has 10 aliphatic carbocycles. The standard InChI is InChI=1S/C18H20O4.C10H12O3.C10H12.C8H8O4.4C7H18O3Si.C5H6O3.C5H6/c1-10(21-17(19)15-8-11-2-4-13(15)6-11)22-18(20)16-9-12-3-5-14(16)7-12;1-6(11)13-10(12)9-5-7-2-3-8(9)4-7;1-2-9-7-4-5-8(6-7)10(9)3-1;1-4-7(9)11-6(3)12-8(10)5-2;4*1-8-6-5-7-11(4,9-2)10-3;1-3-5(7)8-4(2)6;1-2-4-5-3-1/h2-5,11-16H,1,6-9H2;2-3,7-9,11H,1,4-5H2;1-2,4-5,7-10H,3,6H2;4-5H,1-3H2;4*5-7H2,1-4H3;3,6H,1-2H2;1-4H,5H2. The minimum atomic E-state index is -1.81. The molecule has 0 saturated heterocycles. The van der Waals surface area contributed by atoms with Crippen LogP contribution in [0.2, 0.25) is 50.4 Å². The van der Waals surface area contributed by atoms with Crippen LogP contribution in [0.25, 0.3) is 0 Å². The predicted octanol–water partition coefficient (Wildman–Crippen LogP) is 15.8. The molecule has 644 valence electrons. The second-order valence-electron chi connectivity index (χ2n) is 28.8. The normalized spacial score (nSPS) is 23.3. The first kappa shape index (κ1) is 105. The number of allylic oxidation sites excluding steroid dienone is 14. The maximum Gasteiger partial charge on any atom is 0.337 e. The first-order valence-corrected chi connectivity index (χ1v) is 48.7. The lowest BCUT2D eigenvalue weighted by Gasteiger charge is -2.22. The topological polar surface area (TPSA) is 309 Å². The van der Waals surface area contributed by atoms with Crippen molar-refractivity contribution in [3.8, 4) is 0 Å². The molecule has 10 aliphatic rings. The summed E-state index contributed by atoms with van der Waals surface area (Å²) < 4.78 is 89.7. The highest BCUT2D eigenvalue weighted by atomic mass is 28.4. The molecule has 0 spiro atoms. The van der Waals surface area contributed by atoms with Gasteiger partial charge in [-0.1, -0.05) is 105 Å². The van der Waals surface area contributed by atoms with E-state index in [4.69, 9.17) is 74.0 Å². The smallest absolute Gasteiger partial charge is 0.337 e. The van der Waals surface area contributed by atoms with Crippen LogP contribution in [0.5, 0.6) is 0 Å². The van der Waals surface area contributed by atoms with Gasteiger partial charge in [-0.3, -0.25) is 14.4 Å². The number of hydrogen-bond acceptors (Lipinski definition) is 26. The maximum absolute atomic E-state index is 12.2. The van der Waals surface area contributed by atoms with E-state index in [1.807, 2.05) is 0 Å². The van der Waals surface area contributed by atoms with Gasteiger partial charge in [-0.2, -0.15) is 0 Å². The van der Waals surface area contributed by atoms with Crippen molar-refractivity contribution in [2.24, 2.45) is 76.9 Å². The zero-order valence-corrected chi connectivity index (χ0v) is 74.8. The molecule has 0 aromatic heterocycles. The molecule has 0 heterocycles. The van der Waals surface area contributed by atoms with Crippen LogP contribution in [-0.2, 0) is 112 Å². The third kappa shape index (κ3) is 41.3. The predicted molar refractivity (Wildman–Crippen MR) is 448 cm³/mol. The molecule has 26 nitrogen and oxygen atoms in total. The second kappa shape index (κ2) is 58.1. The quantitative estimate of drug-likeness (QED) is 0.0112. The van der Waals surface area contributed by atoms with E-state index in [0.29, 0.717) is 23.7 Å². The summed E-state index contributed by atoms with van der Waals surface area (Å²) in [6, 6.07) is 3.98. The van der Waals surface area contributed by atoms with Crippen LogP contribution in [0.3, 0.4) is 0 Å². The van der Waals surface area contributed by atoms with Gasteiger partial charge in [0, 0.05) is 130 Å². The minimum absolute atomic E-state index is 0.0705. The Labute approximate surface area is 683 Å². The zero-order chi connectivity index (χ0) is 85.9. The molecule has 30 heteroatoms. The molecule has 0 aromatic rings. The van der Waals surface area contributed by atoms with Crippen LogP contribution in [0, 0.1) is 76.9 Å². The summed E-state index contributed by atoms with van der Waals surface area (Å²) in [6.07, 6.45) is 47.2. The second-order valence-corrected chi connectivity index (χ2v) is 43.2. The van der Waals surface area contributed by atoms with Crippen LogP contribution >= 0.6 is 0 Å². The van der Waals surface area contributed by atoms with E-state index in [0.717, 1.165) is 163 Å². The Kier molecular flexibility index (Phi) is 53.6. The number of aliphatic hydroxyl groups excluding tert-OH is 2. The van der Waals surface area contributed by atoms with E-state index in [1.54, 1.807) is 85.3 Å².